The molecule has 0 aromatic carbocycles. The zero-order chi connectivity index (χ0) is 10.2. The van der Waals surface area contributed by atoms with Crippen LogP contribution in [0.1, 0.15) is 50.2 Å². The van der Waals surface area contributed by atoms with Gasteiger partial charge in [0.2, 0.25) is 0 Å². The van der Waals surface area contributed by atoms with Crippen LogP contribution in [-0.4, -0.2) is 4.98 Å². The molecule has 2 rings (SSSR count). The molecule has 1 fully saturated rings. The van der Waals surface area contributed by atoms with E-state index in [-0.39, 0.29) is 5.54 Å². The summed E-state index contributed by atoms with van der Waals surface area (Å²) in [6.07, 6.45) is 7.32. The Morgan fingerprint density at radius 3 is 2.64 bits per heavy atom. The third kappa shape index (κ3) is 1.44. The Hall–Kier alpha value is -0.890. The molecule has 0 spiro atoms. The van der Waals surface area contributed by atoms with Crippen molar-refractivity contribution in [2.45, 2.75) is 44.6 Å². The van der Waals surface area contributed by atoms with Crippen LogP contribution >= 0.6 is 0 Å². The van der Waals surface area contributed by atoms with Crippen LogP contribution in [0.4, 0.5) is 0 Å². The van der Waals surface area contributed by atoms with Gasteiger partial charge in [-0.25, -0.2) is 0 Å². The normalized spacial score (nSPS) is 19.4. The van der Waals surface area contributed by atoms with Gasteiger partial charge in [-0.3, -0.25) is 4.98 Å². The fraction of sp³-hybridized carbons (Fsp3) is 0.583. The summed E-state index contributed by atoms with van der Waals surface area (Å²) >= 11 is 0. The van der Waals surface area contributed by atoms with Crippen LogP contribution in [0.5, 0.6) is 0 Å². The molecule has 1 aliphatic carbocycles. The maximum absolute atomic E-state index is 6.33. The van der Waals surface area contributed by atoms with Crippen LogP contribution in [0.15, 0.2) is 18.5 Å². The smallest absolute Gasteiger partial charge is 0.0413 e. The molecule has 1 heterocycles. The van der Waals surface area contributed by atoms with Gasteiger partial charge in [0.05, 0.1) is 0 Å². The van der Waals surface area contributed by atoms with Gasteiger partial charge in [-0.05, 0) is 42.4 Å². The van der Waals surface area contributed by atoms with Crippen molar-refractivity contribution in [3.63, 3.8) is 0 Å². The molecule has 1 aliphatic rings. The topological polar surface area (TPSA) is 38.9 Å². The maximum Gasteiger partial charge on any atom is 0.0413 e. The summed E-state index contributed by atoms with van der Waals surface area (Å²) in [7, 11) is 0. The molecule has 0 radical (unpaired) electrons. The van der Waals surface area contributed by atoms with E-state index in [0.717, 1.165) is 12.8 Å². The Morgan fingerprint density at radius 2 is 2.14 bits per heavy atom. The first-order valence-corrected chi connectivity index (χ1v) is 5.37. The number of rotatable bonds is 2. The zero-order valence-electron chi connectivity index (χ0n) is 8.96. The molecule has 2 N–H and O–H groups in total. The first-order valence-electron chi connectivity index (χ1n) is 5.37. The minimum atomic E-state index is -0.0530. The fourth-order valence-corrected chi connectivity index (χ4v) is 2.15. The van der Waals surface area contributed by atoms with Crippen molar-refractivity contribution in [3.8, 4) is 0 Å². The van der Waals surface area contributed by atoms with Gasteiger partial charge in [-0.2, -0.15) is 0 Å². The average molecular weight is 190 g/mol. The Morgan fingerprint density at radius 1 is 1.43 bits per heavy atom. The van der Waals surface area contributed by atoms with E-state index in [4.69, 9.17) is 5.73 Å². The van der Waals surface area contributed by atoms with Crippen molar-refractivity contribution in [2.24, 2.45) is 5.73 Å². The van der Waals surface area contributed by atoms with Crippen molar-refractivity contribution in [1.82, 2.24) is 4.98 Å². The van der Waals surface area contributed by atoms with Crippen molar-refractivity contribution >= 4 is 0 Å². The van der Waals surface area contributed by atoms with Gasteiger partial charge >= 0.3 is 0 Å². The first-order chi connectivity index (χ1) is 6.63. The lowest BCUT2D eigenvalue weighted by molar-refractivity contribution is 0.251. The summed E-state index contributed by atoms with van der Waals surface area (Å²) in [6.45, 7) is 4.39. The minimum Gasteiger partial charge on any atom is -0.321 e. The van der Waals surface area contributed by atoms with E-state index >= 15 is 0 Å². The summed E-state index contributed by atoms with van der Waals surface area (Å²) in [6, 6.07) is 2.09. The highest BCUT2D eigenvalue weighted by molar-refractivity contribution is 5.34. The second-order valence-corrected chi connectivity index (χ2v) is 4.63. The molecule has 0 unspecified atom stereocenters. The third-order valence-corrected chi connectivity index (χ3v) is 3.26. The molecule has 2 heteroatoms. The van der Waals surface area contributed by atoms with Crippen LogP contribution in [-0.2, 0) is 5.54 Å². The van der Waals surface area contributed by atoms with Crippen molar-refractivity contribution in [3.05, 3.63) is 29.6 Å². The Bertz CT molecular complexity index is 327. The van der Waals surface area contributed by atoms with E-state index in [0.29, 0.717) is 5.92 Å². The molecule has 0 bridgehead atoms. The molecule has 0 atom stereocenters. The fourth-order valence-electron chi connectivity index (χ4n) is 2.15. The summed E-state index contributed by atoms with van der Waals surface area (Å²) in [5.74, 6) is 0.514. The molecule has 0 saturated heterocycles. The number of nitrogens with zero attached hydrogens (tertiary/aromatic N) is 1. The molecule has 0 aliphatic heterocycles. The summed E-state index contributed by atoms with van der Waals surface area (Å²) in [5, 5.41) is 0. The van der Waals surface area contributed by atoms with Gasteiger partial charge in [-0.15, -0.1) is 0 Å². The zero-order valence-corrected chi connectivity index (χ0v) is 8.96. The van der Waals surface area contributed by atoms with Crippen LogP contribution in [0, 0.1) is 0 Å². The van der Waals surface area contributed by atoms with E-state index in [1.807, 2.05) is 12.4 Å². The van der Waals surface area contributed by atoms with E-state index < -0.39 is 0 Å². The standard InChI is InChI=1S/C12H18N2/c1-9(2)10-8-14-7-4-11(10)12(13)5-3-6-12/h4,7-9H,3,5-6,13H2,1-2H3. The number of nitrogens with two attached hydrogens (primary N) is 1. The molecule has 1 saturated carbocycles. The highest BCUT2D eigenvalue weighted by Crippen LogP contribution is 2.41. The second-order valence-electron chi connectivity index (χ2n) is 4.63. The number of hydrogen-bond donors (Lipinski definition) is 1. The van der Waals surface area contributed by atoms with Crippen molar-refractivity contribution in [2.75, 3.05) is 0 Å². The maximum atomic E-state index is 6.33. The average Bonchev–Trinajstić information content (AvgIpc) is 2.14. The molecule has 76 valence electrons. The minimum absolute atomic E-state index is 0.0530. The highest BCUT2D eigenvalue weighted by atomic mass is 14.8. The van der Waals surface area contributed by atoms with Gasteiger partial charge in [0.15, 0.2) is 0 Å². The Labute approximate surface area is 85.5 Å². The highest BCUT2D eigenvalue weighted by Gasteiger charge is 2.36. The number of hydrogen-bond acceptors (Lipinski definition) is 2. The Balaban J connectivity index is 2.41. The predicted octanol–water partition coefficient (Wildman–Crippen LogP) is 2.54. The molecular formula is C12H18N2. The van der Waals surface area contributed by atoms with E-state index in [2.05, 4.69) is 24.9 Å². The van der Waals surface area contributed by atoms with Crippen molar-refractivity contribution in [1.29, 1.82) is 0 Å². The van der Waals surface area contributed by atoms with Crippen molar-refractivity contribution < 1.29 is 0 Å². The SMILES string of the molecule is CC(C)c1cnccc1C1(N)CCC1. The van der Waals surface area contributed by atoms with Crippen LogP contribution in [0.3, 0.4) is 0 Å². The van der Waals surface area contributed by atoms with Crippen LogP contribution in [0.25, 0.3) is 0 Å². The molecular weight excluding hydrogens is 172 g/mol. The molecule has 14 heavy (non-hydrogen) atoms. The molecule has 0 amide bonds. The van der Waals surface area contributed by atoms with Gasteiger partial charge in [-0.1, -0.05) is 13.8 Å². The molecule has 2 nitrogen and oxygen atoms in total. The summed E-state index contributed by atoms with van der Waals surface area (Å²) in [5.41, 5.74) is 8.91. The first kappa shape index (κ1) is 9.66. The van der Waals surface area contributed by atoms with Crippen LogP contribution < -0.4 is 5.73 Å². The van der Waals surface area contributed by atoms with Gasteiger partial charge in [0.1, 0.15) is 0 Å². The van der Waals surface area contributed by atoms with E-state index in [1.54, 1.807) is 0 Å². The van der Waals surface area contributed by atoms with E-state index in [1.165, 1.54) is 17.5 Å². The van der Waals surface area contributed by atoms with E-state index in [9.17, 15) is 0 Å². The van der Waals surface area contributed by atoms with Gasteiger partial charge < -0.3 is 5.73 Å². The van der Waals surface area contributed by atoms with Gasteiger partial charge in [0, 0.05) is 17.9 Å². The molecule has 1 aromatic rings. The van der Waals surface area contributed by atoms with Crippen LogP contribution in [0.2, 0.25) is 0 Å². The molecule has 1 aromatic heterocycles. The summed E-state index contributed by atoms with van der Waals surface area (Å²) in [4.78, 5) is 4.18. The quantitative estimate of drug-likeness (QED) is 0.778. The lowest BCUT2D eigenvalue weighted by Gasteiger charge is -2.40. The second kappa shape index (κ2) is 3.35. The Kier molecular flexibility index (Phi) is 2.31. The monoisotopic (exact) mass is 190 g/mol. The van der Waals surface area contributed by atoms with Gasteiger partial charge in [0.25, 0.3) is 0 Å². The lowest BCUT2D eigenvalue weighted by Crippen LogP contribution is -2.44. The lowest BCUT2D eigenvalue weighted by atomic mass is 9.70. The predicted molar refractivity (Wildman–Crippen MR) is 58.0 cm³/mol. The number of aromatic nitrogens is 1. The third-order valence-electron chi connectivity index (χ3n) is 3.26. The number of pyridine rings is 1. The largest absolute Gasteiger partial charge is 0.321 e. The summed E-state index contributed by atoms with van der Waals surface area (Å²) < 4.78 is 0.